The normalized spacial score (nSPS) is 27.9. The molecule has 0 aromatic heterocycles. The summed E-state index contributed by atoms with van der Waals surface area (Å²) < 4.78 is 34.3. The maximum Gasteiger partial charge on any atom is 0.220 e. The highest BCUT2D eigenvalue weighted by atomic mass is 16.8. The van der Waals surface area contributed by atoms with Gasteiger partial charge in [-0.05, 0) is 38.5 Å². The lowest BCUT2D eigenvalue weighted by Crippen LogP contribution is -2.66. The number of nitrogens with one attached hydrogen (secondary N) is 1. The number of allylic oxidation sites excluding steroid dienone is 5. The molecule has 3 aliphatic heterocycles. The first kappa shape index (κ1) is 84.2. The number of ether oxygens (including phenoxy) is 6. The van der Waals surface area contributed by atoms with E-state index in [1.807, 2.05) is 6.08 Å². The standard InChI is InChI=1S/C73H135NO18/c1-3-5-7-9-11-13-15-16-17-18-19-20-21-22-23-24-25-26-27-28-29-30-31-32-33-34-35-36-37-38-39-41-43-45-47-49-51-61(79)74-56(57(78)50-48-46-44-42-40-14-12-10-8-6-4-2)55-87-71-67(85)64(82)69(59(53-76)89-71)92-73-68(86)65(83)70(60(54-77)90-73)91-72-66(84)63(81)62(80)58(52-75)88-72/h8,10,40,42,48,50,56-60,62-73,75-78,80-86H,3-7,9,11-39,41,43-47,49,51-55H2,1-2H3,(H,74,79)/b10-8+,42-40+,50-48+. The van der Waals surface area contributed by atoms with Crippen molar-refractivity contribution in [2.75, 3.05) is 26.4 Å². The van der Waals surface area contributed by atoms with E-state index >= 15 is 0 Å². The van der Waals surface area contributed by atoms with E-state index in [4.69, 9.17) is 28.4 Å². The Labute approximate surface area is 555 Å². The van der Waals surface area contributed by atoms with Crippen molar-refractivity contribution in [1.82, 2.24) is 5.32 Å². The van der Waals surface area contributed by atoms with Gasteiger partial charge in [0.15, 0.2) is 18.9 Å². The van der Waals surface area contributed by atoms with Gasteiger partial charge in [-0.25, -0.2) is 0 Å². The van der Waals surface area contributed by atoms with Crippen LogP contribution in [0.4, 0.5) is 0 Å². The Kier molecular flexibility index (Phi) is 50.3. The molecule has 3 saturated heterocycles. The molecule has 540 valence electrons. The van der Waals surface area contributed by atoms with Crippen LogP contribution in [0.3, 0.4) is 0 Å². The summed E-state index contributed by atoms with van der Waals surface area (Å²) in [7, 11) is 0. The minimum Gasteiger partial charge on any atom is -0.394 e. The van der Waals surface area contributed by atoms with Gasteiger partial charge in [0.1, 0.15) is 73.2 Å². The quantitative estimate of drug-likeness (QED) is 0.0199. The second-order valence-electron chi connectivity index (χ2n) is 26.7. The predicted octanol–water partition coefficient (Wildman–Crippen LogP) is 10.8. The van der Waals surface area contributed by atoms with Gasteiger partial charge in [0, 0.05) is 6.42 Å². The Balaban J connectivity index is 1.29. The first-order valence-corrected chi connectivity index (χ1v) is 37.2. The summed E-state index contributed by atoms with van der Waals surface area (Å²) in [5.74, 6) is -0.287. The van der Waals surface area contributed by atoms with Gasteiger partial charge in [0.05, 0.1) is 38.6 Å². The number of aliphatic hydroxyl groups excluding tert-OH is 11. The van der Waals surface area contributed by atoms with Crippen LogP contribution in [0, 0.1) is 0 Å². The van der Waals surface area contributed by atoms with Gasteiger partial charge in [-0.1, -0.05) is 281 Å². The van der Waals surface area contributed by atoms with E-state index in [0.717, 1.165) is 51.4 Å². The van der Waals surface area contributed by atoms with Crippen molar-refractivity contribution in [2.45, 2.75) is 394 Å². The van der Waals surface area contributed by atoms with Gasteiger partial charge in [-0.2, -0.15) is 0 Å². The molecule has 3 heterocycles. The lowest BCUT2D eigenvalue weighted by atomic mass is 9.96. The van der Waals surface area contributed by atoms with Crippen LogP contribution in [-0.4, -0.2) is 193 Å². The van der Waals surface area contributed by atoms with Crippen LogP contribution >= 0.6 is 0 Å². The molecule has 1 amide bonds. The first-order chi connectivity index (χ1) is 44.8. The Morgan fingerprint density at radius 1 is 0.380 bits per heavy atom. The van der Waals surface area contributed by atoms with Crippen LogP contribution in [0.25, 0.3) is 0 Å². The summed E-state index contributed by atoms with van der Waals surface area (Å²) in [4.78, 5) is 13.4. The van der Waals surface area contributed by atoms with Crippen molar-refractivity contribution in [3.63, 3.8) is 0 Å². The number of carbonyl (C=O) groups excluding carboxylic acids is 1. The maximum atomic E-state index is 13.4. The molecule has 0 aliphatic carbocycles. The molecule has 92 heavy (non-hydrogen) atoms. The van der Waals surface area contributed by atoms with Crippen molar-refractivity contribution >= 4 is 5.91 Å². The van der Waals surface area contributed by atoms with Crippen molar-refractivity contribution in [1.29, 1.82) is 0 Å². The number of rotatable bonds is 58. The first-order valence-electron chi connectivity index (χ1n) is 37.2. The molecular weight excluding hydrogens is 1180 g/mol. The van der Waals surface area contributed by atoms with Crippen LogP contribution in [0.15, 0.2) is 36.5 Å². The van der Waals surface area contributed by atoms with Crippen LogP contribution in [0.2, 0.25) is 0 Å². The summed E-state index contributed by atoms with van der Waals surface area (Å²) in [6, 6.07) is -0.993. The number of hydrogen-bond acceptors (Lipinski definition) is 18. The molecule has 3 fully saturated rings. The van der Waals surface area contributed by atoms with Crippen molar-refractivity contribution in [3.8, 4) is 0 Å². The average Bonchev–Trinajstić information content (AvgIpc) is 0.876. The van der Waals surface area contributed by atoms with Crippen molar-refractivity contribution in [3.05, 3.63) is 36.5 Å². The molecule has 17 unspecified atom stereocenters. The predicted molar refractivity (Wildman–Crippen MR) is 360 cm³/mol. The molecule has 0 aromatic carbocycles. The SMILES string of the molecule is CCC/C=C/CC/C=C/CC/C=C/C(O)C(COC1OC(CO)C(OC2OC(CO)C(OC3OC(CO)C(O)C(O)C3O)C(O)C2O)C(O)C1O)NC(=O)CCCCCCCCCCCCCCCCCCCCCCCCCCCCCCCCCCCCCC. The van der Waals surface area contributed by atoms with Crippen LogP contribution in [0.5, 0.6) is 0 Å². The van der Waals surface area contributed by atoms with Gasteiger partial charge >= 0.3 is 0 Å². The topological polar surface area (TPSA) is 307 Å². The zero-order chi connectivity index (χ0) is 66.8. The Bertz CT molecular complexity index is 1810. The maximum absolute atomic E-state index is 13.4. The summed E-state index contributed by atoms with van der Waals surface area (Å²) in [6.45, 7) is 1.64. The highest BCUT2D eigenvalue weighted by Gasteiger charge is 2.53. The van der Waals surface area contributed by atoms with Gasteiger partial charge in [0.2, 0.25) is 5.91 Å². The minimum atomic E-state index is -1.98. The van der Waals surface area contributed by atoms with E-state index in [1.54, 1.807) is 6.08 Å². The number of aliphatic hydroxyl groups is 11. The Morgan fingerprint density at radius 2 is 0.696 bits per heavy atom. The number of unbranched alkanes of at least 4 members (excludes halogenated alkanes) is 38. The monoisotopic (exact) mass is 1310 g/mol. The molecule has 3 aliphatic rings. The van der Waals surface area contributed by atoms with Crippen molar-refractivity contribution in [2.24, 2.45) is 0 Å². The van der Waals surface area contributed by atoms with E-state index < -0.39 is 124 Å². The minimum absolute atomic E-state index is 0.236. The highest BCUT2D eigenvalue weighted by molar-refractivity contribution is 5.76. The molecule has 19 heteroatoms. The molecule has 0 aromatic rings. The van der Waals surface area contributed by atoms with E-state index in [2.05, 4.69) is 43.5 Å². The molecule has 0 radical (unpaired) electrons. The molecule has 0 bridgehead atoms. The summed E-state index contributed by atoms with van der Waals surface area (Å²) in [5, 5.41) is 120. The molecule has 17 atom stereocenters. The average molecular weight is 1310 g/mol. The van der Waals surface area contributed by atoms with Crippen LogP contribution < -0.4 is 5.32 Å². The fourth-order valence-corrected chi connectivity index (χ4v) is 12.6. The van der Waals surface area contributed by atoms with E-state index in [0.29, 0.717) is 12.8 Å². The summed E-state index contributed by atoms with van der Waals surface area (Å²) in [5.41, 5.74) is 0. The fourth-order valence-electron chi connectivity index (χ4n) is 12.6. The second-order valence-corrected chi connectivity index (χ2v) is 26.7. The number of carbonyl (C=O) groups is 1. The zero-order valence-electron chi connectivity index (χ0n) is 57.3. The molecule has 3 rings (SSSR count). The number of amides is 1. The fraction of sp³-hybridized carbons (Fsp3) is 0.904. The largest absolute Gasteiger partial charge is 0.394 e. The third kappa shape index (κ3) is 36.0. The zero-order valence-corrected chi connectivity index (χ0v) is 57.3. The second kappa shape index (κ2) is 55.0. The third-order valence-electron chi connectivity index (χ3n) is 18.7. The van der Waals surface area contributed by atoms with Crippen LogP contribution in [-0.2, 0) is 33.2 Å². The van der Waals surface area contributed by atoms with E-state index in [1.165, 1.54) is 205 Å². The molecular formula is C73H135NO18. The third-order valence-corrected chi connectivity index (χ3v) is 18.7. The molecule has 0 saturated carbocycles. The molecule has 12 N–H and O–H groups in total. The number of hydrogen-bond donors (Lipinski definition) is 12. The Hall–Kier alpha value is -1.99. The Morgan fingerprint density at radius 3 is 1.07 bits per heavy atom. The highest BCUT2D eigenvalue weighted by Crippen LogP contribution is 2.33. The summed E-state index contributed by atoms with van der Waals surface area (Å²) in [6.07, 6.45) is 39.1. The van der Waals surface area contributed by atoms with Gasteiger partial charge in [-0.3, -0.25) is 4.79 Å². The lowest BCUT2D eigenvalue weighted by Gasteiger charge is -2.48. The lowest BCUT2D eigenvalue weighted by molar-refractivity contribution is -0.379. The smallest absolute Gasteiger partial charge is 0.220 e. The van der Waals surface area contributed by atoms with E-state index in [9.17, 15) is 61.0 Å². The van der Waals surface area contributed by atoms with Gasteiger partial charge in [0.25, 0.3) is 0 Å². The van der Waals surface area contributed by atoms with Crippen LogP contribution in [0.1, 0.15) is 290 Å². The van der Waals surface area contributed by atoms with E-state index in [-0.39, 0.29) is 18.9 Å². The molecule has 0 spiro atoms. The van der Waals surface area contributed by atoms with Crippen molar-refractivity contribution < 1.29 is 89.4 Å². The van der Waals surface area contributed by atoms with Gasteiger partial charge in [-0.15, -0.1) is 0 Å². The summed E-state index contributed by atoms with van der Waals surface area (Å²) >= 11 is 0. The van der Waals surface area contributed by atoms with Gasteiger partial charge < -0.3 is 89.9 Å². The molecule has 19 nitrogen and oxygen atoms in total.